The third kappa shape index (κ3) is 7.04. The fraction of sp³-hybridized carbons (Fsp3) is 0.0833. The third-order valence-electron chi connectivity index (χ3n) is 7.32. The van der Waals surface area contributed by atoms with Crippen LogP contribution in [0.25, 0.3) is 10.4 Å². The maximum Gasteiger partial charge on any atom is 0.261 e. The molecule has 3 aromatic carbocycles. The molecule has 220 valence electrons. The standard InChI is InChI=1S/C36H28N6O2S/c37-20-26-6-8-28(9-7-26)23-41-25-39-22-32(41)24-42(36(44)30-4-2-1-3-5-30)31-12-10-29(11-13-31)33-14-15-34(45-33)35(43)40-21-27-16-18-38-19-17-27/h1-19,22,25H,21,23-24H2,(H,40,43). The Morgan fingerprint density at radius 2 is 1.60 bits per heavy atom. The van der Waals surface area contributed by atoms with Gasteiger partial charge in [0.1, 0.15) is 0 Å². The molecule has 2 amide bonds. The van der Waals surface area contributed by atoms with Gasteiger partial charge in [0, 0.05) is 47.8 Å². The molecule has 0 fully saturated rings. The zero-order valence-electron chi connectivity index (χ0n) is 24.2. The second-order valence-corrected chi connectivity index (χ2v) is 11.4. The van der Waals surface area contributed by atoms with Crippen LogP contribution in [-0.4, -0.2) is 26.3 Å². The summed E-state index contributed by atoms with van der Waals surface area (Å²) < 4.78 is 2.01. The van der Waals surface area contributed by atoms with Crippen LogP contribution in [0.15, 0.2) is 128 Å². The lowest BCUT2D eigenvalue weighted by atomic mass is 10.1. The van der Waals surface area contributed by atoms with Crippen LogP contribution in [0.4, 0.5) is 5.69 Å². The Bertz CT molecular complexity index is 1940. The van der Waals surface area contributed by atoms with Gasteiger partial charge in [-0.2, -0.15) is 5.26 Å². The Labute approximate surface area is 264 Å². The lowest BCUT2D eigenvalue weighted by molar-refractivity contribution is 0.0953. The Hall–Kier alpha value is -5.85. The van der Waals surface area contributed by atoms with Crippen LogP contribution in [-0.2, 0) is 19.6 Å². The van der Waals surface area contributed by atoms with E-state index in [4.69, 9.17) is 5.26 Å². The van der Waals surface area contributed by atoms with Gasteiger partial charge in [-0.25, -0.2) is 4.98 Å². The zero-order valence-corrected chi connectivity index (χ0v) is 25.0. The highest BCUT2D eigenvalue weighted by atomic mass is 32.1. The van der Waals surface area contributed by atoms with E-state index in [1.54, 1.807) is 42.0 Å². The highest BCUT2D eigenvalue weighted by Gasteiger charge is 2.20. The minimum atomic E-state index is -0.128. The molecule has 1 N–H and O–H groups in total. The number of hydrogen-bond donors (Lipinski definition) is 1. The fourth-order valence-corrected chi connectivity index (χ4v) is 5.80. The number of nitriles is 1. The maximum absolute atomic E-state index is 13.8. The van der Waals surface area contributed by atoms with Crippen molar-refractivity contribution >= 4 is 28.8 Å². The van der Waals surface area contributed by atoms with E-state index in [1.807, 2.05) is 95.6 Å². The number of imidazole rings is 1. The van der Waals surface area contributed by atoms with Gasteiger partial charge in [0.05, 0.1) is 35.1 Å². The summed E-state index contributed by atoms with van der Waals surface area (Å²) in [6.45, 7) is 1.30. The zero-order chi connectivity index (χ0) is 31.0. The lowest BCUT2D eigenvalue weighted by Crippen LogP contribution is -2.31. The van der Waals surface area contributed by atoms with Crippen molar-refractivity contribution < 1.29 is 9.59 Å². The monoisotopic (exact) mass is 608 g/mol. The highest BCUT2D eigenvalue weighted by molar-refractivity contribution is 7.17. The number of aromatic nitrogens is 3. The predicted octanol–water partition coefficient (Wildman–Crippen LogP) is 6.70. The number of carbonyl (C=O) groups excluding carboxylic acids is 2. The number of nitrogens with one attached hydrogen (secondary N) is 1. The number of benzene rings is 3. The molecule has 8 nitrogen and oxygen atoms in total. The Balaban J connectivity index is 1.21. The van der Waals surface area contributed by atoms with Crippen LogP contribution in [0.2, 0.25) is 0 Å². The molecule has 45 heavy (non-hydrogen) atoms. The van der Waals surface area contributed by atoms with E-state index in [0.29, 0.717) is 35.6 Å². The molecule has 0 aliphatic rings. The molecule has 0 atom stereocenters. The summed E-state index contributed by atoms with van der Waals surface area (Å²) in [4.78, 5) is 38.3. The van der Waals surface area contributed by atoms with Crippen LogP contribution >= 0.6 is 11.3 Å². The first-order valence-corrected chi connectivity index (χ1v) is 15.1. The molecule has 3 aromatic heterocycles. The summed E-state index contributed by atoms with van der Waals surface area (Å²) in [7, 11) is 0. The van der Waals surface area contributed by atoms with E-state index >= 15 is 0 Å². The van der Waals surface area contributed by atoms with E-state index in [2.05, 4.69) is 21.4 Å². The van der Waals surface area contributed by atoms with Gasteiger partial charge >= 0.3 is 0 Å². The summed E-state index contributed by atoms with van der Waals surface area (Å²) in [5.74, 6) is -0.254. The minimum Gasteiger partial charge on any atom is -0.347 e. The van der Waals surface area contributed by atoms with Gasteiger partial charge < -0.3 is 14.8 Å². The fourth-order valence-electron chi connectivity index (χ4n) is 4.87. The number of carbonyl (C=O) groups is 2. The van der Waals surface area contributed by atoms with Gasteiger partial charge in [-0.05, 0) is 77.4 Å². The van der Waals surface area contributed by atoms with Gasteiger partial charge in [0.2, 0.25) is 0 Å². The van der Waals surface area contributed by atoms with E-state index < -0.39 is 0 Å². The van der Waals surface area contributed by atoms with Crippen molar-refractivity contribution in [3.63, 3.8) is 0 Å². The number of rotatable bonds is 10. The second kappa shape index (κ2) is 13.6. The average molecular weight is 609 g/mol. The van der Waals surface area contributed by atoms with Crippen LogP contribution in [0, 0.1) is 11.3 Å². The number of thiophene rings is 1. The summed E-state index contributed by atoms with van der Waals surface area (Å²) in [6, 6.07) is 34.1. The molecule has 0 aliphatic carbocycles. The van der Waals surface area contributed by atoms with Crippen molar-refractivity contribution in [2.24, 2.45) is 0 Å². The predicted molar refractivity (Wildman–Crippen MR) is 175 cm³/mol. The lowest BCUT2D eigenvalue weighted by Gasteiger charge is -2.24. The molecule has 6 aromatic rings. The highest BCUT2D eigenvalue weighted by Crippen LogP contribution is 2.31. The van der Waals surface area contributed by atoms with Crippen LogP contribution < -0.4 is 10.2 Å². The van der Waals surface area contributed by atoms with Crippen molar-refractivity contribution in [3.8, 4) is 16.5 Å². The van der Waals surface area contributed by atoms with E-state index in [-0.39, 0.29) is 11.8 Å². The first-order chi connectivity index (χ1) is 22.1. The van der Waals surface area contributed by atoms with E-state index in [0.717, 1.165) is 32.9 Å². The second-order valence-electron chi connectivity index (χ2n) is 10.3. The van der Waals surface area contributed by atoms with Gasteiger partial charge in [-0.1, -0.05) is 42.5 Å². The topological polar surface area (TPSA) is 104 Å². The van der Waals surface area contributed by atoms with Gasteiger partial charge in [-0.3, -0.25) is 14.6 Å². The Kier molecular flexibility index (Phi) is 8.85. The van der Waals surface area contributed by atoms with Crippen molar-refractivity contribution in [2.45, 2.75) is 19.6 Å². The molecule has 0 unspecified atom stereocenters. The Morgan fingerprint density at radius 3 is 2.33 bits per heavy atom. The van der Waals surface area contributed by atoms with Gasteiger partial charge in [0.25, 0.3) is 11.8 Å². The van der Waals surface area contributed by atoms with Gasteiger partial charge in [-0.15, -0.1) is 11.3 Å². The number of pyridine rings is 1. The first-order valence-electron chi connectivity index (χ1n) is 14.3. The van der Waals surface area contributed by atoms with Crippen molar-refractivity contribution in [3.05, 3.63) is 161 Å². The third-order valence-corrected chi connectivity index (χ3v) is 8.45. The SMILES string of the molecule is N#Cc1ccc(Cn2cncc2CN(C(=O)c2ccccc2)c2ccc(-c3ccc(C(=O)NCc4ccncc4)s3)cc2)cc1. The molecule has 6 rings (SSSR count). The van der Waals surface area contributed by atoms with Crippen molar-refractivity contribution in [2.75, 3.05) is 4.90 Å². The van der Waals surface area contributed by atoms with Crippen LogP contribution in [0.3, 0.4) is 0 Å². The summed E-state index contributed by atoms with van der Waals surface area (Å²) in [5, 5.41) is 12.1. The number of nitrogens with zero attached hydrogens (tertiary/aromatic N) is 5. The van der Waals surface area contributed by atoms with Crippen molar-refractivity contribution in [1.82, 2.24) is 19.9 Å². The summed E-state index contributed by atoms with van der Waals surface area (Å²) in [6.07, 6.45) is 6.93. The summed E-state index contributed by atoms with van der Waals surface area (Å²) >= 11 is 1.42. The average Bonchev–Trinajstić information content (AvgIpc) is 3.77. The van der Waals surface area contributed by atoms with Crippen LogP contribution in [0.1, 0.15) is 42.4 Å². The summed E-state index contributed by atoms with van der Waals surface area (Å²) in [5.41, 5.74) is 5.77. The van der Waals surface area contributed by atoms with E-state index in [9.17, 15) is 9.59 Å². The largest absolute Gasteiger partial charge is 0.347 e. The molecule has 0 spiro atoms. The van der Waals surface area contributed by atoms with Gasteiger partial charge in [0.15, 0.2) is 0 Å². The number of amides is 2. The quantitative estimate of drug-likeness (QED) is 0.186. The Morgan fingerprint density at radius 1 is 0.844 bits per heavy atom. The molecule has 0 saturated heterocycles. The maximum atomic E-state index is 13.8. The first kappa shape index (κ1) is 29.2. The minimum absolute atomic E-state index is 0.126. The molecular formula is C36H28N6O2S. The molecule has 9 heteroatoms. The number of hydrogen-bond acceptors (Lipinski definition) is 6. The van der Waals surface area contributed by atoms with E-state index in [1.165, 1.54) is 11.3 Å². The molecule has 0 aliphatic heterocycles. The smallest absolute Gasteiger partial charge is 0.261 e. The molecule has 0 bridgehead atoms. The molecule has 0 radical (unpaired) electrons. The van der Waals surface area contributed by atoms with Crippen molar-refractivity contribution in [1.29, 1.82) is 5.26 Å². The van der Waals surface area contributed by atoms with Crippen LogP contribution in [0.5, 0.6) is 0 Å². The molecule has 0 saturated carbocycles. The normalized spacial score (nSPS) is 10.6. The molecule has 3 heterocycles. The number of anilines is 1. The molecular weight excluding hydrogens is 581 g/mol.